The summed E-state index contributed by atoms with van der Waals surface area (Å²) in [6, 6.07) is 18.2. The van der Waals surface area contributed by atoms with Gasteiger partial charge in [0.1, 0.15) is 0 Å². The third-order valence-electron chi connectivity index (χ3n) is 4.82. The van der Waals surface area contributed by atoms with Crippen molar-refractivity contribution in [2.75, 3.05) is 0 Å². The lowest BCUT2D eigenvalue weighted by Gasteiger charge is -2.26. The number of fused-ring (bicyclic) bond motifs is 2. The van der Waals surface area contributed by atoms with Gasteiger partial charge in [0.15, 0.2) is 5.78 Å². The minimum atomic E-state index is 0.000417. The predicted molar refractivity (Wildman–Crippen MR) is 85.3 cm³/mol. The fraction of sp³-hybridized carbons (Fsp3) is 0.250. The number of Topliss-reactive ketones (excluding diaryl/α,β-unsaturated/α-hetero) is 1. The Morgan fingerprint density at radius 2 is 1.67 bits per heavy atom. The van der Waals surface area contributed by atoms with E-state index >= 15 is 0 Å². The SMILES string of the molecule is O=C(c1ccccc1)C1CC2=C(CCC2)c2ccccc21. The van der Waals surface area contributed by atoms with Crippen LogP contribution in [0.5, 0.6) is 0 Å². The number of carbonyl (C=O) groups is 1. The Balaban J connectivity index is 1.79. The smallest absolute Gasteiger partial charge is 0.170 e. The highest BCUT2D eigenvalue weighted by Crippen LogP contribution is 2.46. The fourth-order valence-electron chi connectivity index (χ4n) is 3.83. The molecule has 2 aliphatic carbocycles. The molecule has 104 valence electrons. The van der Waals surface area contributed by atoms with Gasteiger partial charge < -0.3 is 0 Å². The number of rotatable bonds is 2. The zero-order valence-corrected chi connectivity index (χ0v) is 12.0. The van der Waals surface area contributed by atoms with Gasteiger partial charge in [0, 0.05) is 5.56 Å². The molecule has 2 aromatic carbocycles. The molecule has 0 spiro atoms. The third-order valence-corrected chi connectivity index (χ3v) is 4.82. The van der Waals surface area contributed by atoms with Gasteiger partial charge in [-0.3, -0.25) is 4.79 Å². The zero-order valence-electron chi connectivity index (χ0n) is 12.0. The normalized spacial score (nSPS) is 20.1. The number of carbonyl (C=O) groups excluding carboxylic acids is 1. The van der Waals surface area contributed by atoms with Gasteiger partial charge in [-0.05, 0) is 42.4 Å². The molecule has 4 rings (SSSR count). The highest BCUT2D eigenvalue weighted by atomic mass is 16.1. The molecule has 0 aliphatic heterocycles. The molecule has 1 atom stereocenters. The van der Waals surface area contributed by atoms with Crippen LogP contribution < -0.4 is 0 Å². The molecule has 0 saturated carbocycles. The number of benzene rings is 2. The Bertz CT molecular complexity index is 725. The number of hydrogen-bond donors (Lipinski definition) is 0. The lowest BCUT2D eigenvalue weighted by molar-refractivity contribution is 0.0958. The monoisotopic (exact) mass is 274 g/mol. The van der Waals surface area contributed by atoms with Gasteiger partial charge in [-0.1, -0.05) is 60.2 Å². The Morgan fingerprint density at radius 1 is 0.905 bits per heavy atom. The van der Waals surface area contributed by atoms with Gasteiger partial charge in [-0.25, -0.2) is 0 Å². The summed E-state index contributed by atoms with van der Waals surface area (Å²) in [5, 5.41) is 0. The lowest BCUT2D eigenvalue weighted by atomic mass is 9.76. The number of allylic oxidation sites excluding steroid dienone is 2. The molecule has 1 nitrogen and oxygen atoms in total. The van der Waals surface area contributed by atoms with E-state index in [-0.39, 0.29) is 11.7 Å². The van der Waals surface area contributed by atoms with Crippen LogP contribution in [0.25, 0.3) is 5.57 Å². The quantitative estimate of drug-likeness (QED) is 0.705. The maximum Gasteiger partial charge on any atom is 0.170 e. The molecule has 0 radical (unpaired) electrons. The Morgan fingerprint density at radius 3 is 2.52 bits per heavy atom. The second-order valence-corrected chi connectivity index (χ2v) is 6.01. The zero-order chi connectivity index (χ0) is 14.2. The minimum absolute atomic E-state index is 0.000417. The molecule has 2 aliphatic rings. The van der Waals surface area contributed by atoms with Crippen LogP contribution in [-0.4, -0.2) is 5.78 Å². The fourth-order valence-corrected chi connectivity index (χ4v) is 3.83. The van der Waals surface area contributed by atoms with Gasteiger partial charge >= 0.3 is 0 Å². The van der Waals surface area contributed by atoms with Crippen LogP contribution in [0.4, 0.5) is 0 Å². The van der Waals surface area contributed by atoms with Crippen LogP contribution in [0.15, 0.2) is 60.2 Å². The summed E-state index contributed by atoms with van der Waals surface area (Å²) >= 11 is 0. The number of hydrogen-bond acceptors (Lipinski definition) is 1. The van der Waals surface area contributed by atoms with Gasteiger partial charge in [0.2, 0.25) is 0 Å². The third kappa shape index (κ3) is 2.04. The maximum atomic E-state index is 12.9. The Hall–Kier alpha value is -2.15. The molecule has 0 N–H and O–H groups in total. The van der Waals surface area contributed by atoms with Gasteiger partial charge in [0.25, 0.3) is 0 Å². The average molecular weight is 274 g/mol. The van der Waals surface area contributed by atoms with Gasteiger partial charge in [-0.2, -0.15) is 0 Å². The predicted octanol–water partition coefficient (Wildman–Crippen LogP) is 4.99. The van der Waals surface area contributed by atoms with Crippen molar-refractivity contribution in [3.63, 3.8) is 0 Å². The summed E-state index contributed by atoms with van der Waals surface area (Å²) < 4.78 is 0. The van der Waals surface area contributed by atoms with Gasteiger partial charge in [-0.15, -0.1) is 0 Å². The summed E-state index contributed by atoms with van der Waals surface area (Å²) in [4.78, 5) is 12.9. The highest BCUT2D eigenvalue weighted by molar-refractivity contribution is 6.02. The molecule has 0 aromatic heterocycles. The molecular weight excluding hydrogens is 256 g/mol. The van der Waals surface area contributed by atoms with Crippen LogP contribution in [0, 0.1) is 0 Å². The van der Waals surface area contributed by atoms with Crippen molar-refractivity contribution in [1.82, 2.24) is 0 Å². The van der Waals surface area contributed by atoms with Crippen molar-refractivity contribution in [2.24, 2.45) is 0 Å². The van der Waals surface area contributed by atoms with E-state index in [1.807, 2.05) is 30.3 Å². The minimum Gasteiger partial charge on any atom is -0.293 e. The maximum absolute atomic E-state index is 12.9. The molecule has 0 heterocycles. The molecule has 0 fully saturated rings. The van der Waals surface area contributed by atoms with Crippen molar-refractivity contribution in [3.05, 3.63) is 76.9 Å². The van der Waals surface area contributed by atoms with E-state index in [1.54, 1.807) is 0 Å². The van der Waals surface area contributed by atoms with Crippen molar-refractivity contribution in [1.29, 1.82) is 0 Å². The first kappa shape index (κ1) is 12.6. The van der Waals surface area contributed by atoms with Crippen molar-refractivity contribution in [3.8, 4) is 0 Å². The summed E-state index contributed by atoms with van der Waals surface area (Å²) in [6.45, 7) is 0. The Kier molecular flexibility index (Phi) is 2.99. The summed E-state index contributed by atoms with van der Waals surface area (Å²) in [5.74, 6) is 0.266. The van der Waals surface area contributed by atoms with Crippen LogP contribution in [0.1, 0.15) is 53.1 Å². The van der Waals surface area contributed by atoms with Crippen molar-refractivity contribution >= 4 is 11.4 Å². The second kappa shape index (κ2) is 5.00. The lowest BCUT2D eigenvalue weighted by Crippen LogP contribution is -2.18. The molecule has 1 heteroatoms. The van der Waals surface area contributed by atoms with Crippen LogP contribution >= 0.6 is 0 Å². The van der Waals surface area contributed by atoms with E-state index in [4.69, 9.17) is 0 Å². The van der Waals surface area contributed by atoms with Crippen molar-refractivity contribution in [2.45, 2.75) is 31.6 Å². The summed E-state index contributed by atoms with van der Waals surface area (Å²) in [6.07, 6.45) is 4.51. The van der Waals surface area contributed by atoms with Crippen LogP contribution in [0.2, 0.25) is 0 Å². The second-order valence-electron chi connectivity index (χ2n) is 6.01. The van der Waals surface area contributed by atoms with Crippen LogP contribution in [-0.2, 0) is 0 Å². The first-order valence-electron chi connectivity index (χ1n) is 7.74. The largest absolute Gasteiger partial charge is 0.293 e. The van der Waals surface area contributed by atoms with Crippen molar-refractivity contribution < 1.29 is 4.79 Å². The molecule has 1 unspecified atom stereocenters. The van der Waals surface area contributed by atoms with E-state index in [9.17, 15) is 4.79 Å². The standard InChI is InChI=1S/C20H18O/c21-20(14-7-2-1-3-8-14)19-13-15-9-6-12-16(15)17-10-4-5-11-18(17)19/h1-5,7-8,10-11,19H,6,9,12-13H2. The van der Waals surface area contributed by atoms with E-state index in [0.29, 0.717) is 0 Å². The molecular formula is C20H18O. The van der Waals surface area contributed by atoms with Crippen LogP contribution in [0.3, 0.4) is 0 Å². The van der Waals surface area contributed by atoms with Gasteiger partial charge in [0.05, 0.1) is 5.92 Å². The molecule has 2 aromatic rings. The highest BCUT2D eigenvalue weighted by Gasteiger charge is 2.32. The summed E-state index contributed by atoms with van der Waals surface area (Å²) in [5.41, 5.74) is 6.42. The van der Waals surface area contributed by atoms with E-state index in [2.05, 4.69) is 24.3 Å². The average Bonchev–Trinajstić information content (AvgIpc) is 3.03. The first-order chi connectivity index (χ1) is 10.3. The molecule has 21 heavy (non-hydrogen) atoms. The molecule has 0 bridgehead atoms. The molecule has 0 amide bonds. The Labute approximate surface area is 125 Å². The van der Waals surface area contributed by atoms with E-state index in [0.717, 1.165) is 12.0 Å². The topological polar surface area (TPSA) is 17.1 Å². The van der Waals surface area contributed by atoms with E-state index < -0.39 is 0 Å². The summed E-state index contributed by atoms with van der Waals surface area (Å²) in [7, 11) is 0. The van der Waals surface area contributed by atoms with E-state index in [1.165, 1.54) is 41.5 Å². The molecule has 0 saturated heterocycles. The first-order valence-corrected chi connectivity index (χ1v) is 7.74. The number of ketones is 1.